The first-order valence-corrected chi connectivity index (χ1v) is 19.1. The molecule has 0 heterocycles. The summed E-state index contributed by atoms with van der Waals surface area (Å²) < 4.78 is 1.42. The maximum atomic E-state index is 3.65. The molecule has 4 aliphatic carbocycles. The molecular formula is C48H50Zr. The van der Waals surface area contributed by atoms with Gasteiger partial charge in [0.2, 0.25) is 0 Å². The van der Waals surface area contributed by atoms with Crippen LogP contribution in [0.3, 0.4) is 0 Å². The van der Waals surface area contributed by atoms with Crippen LogP contribution in [0.2, 0.25) is 0 Å². The molecule has 0 fully saturated rings. The van der Waals surface area contributed by atoms with Crippen LogP contribution >= 0.6 is 0 Å². The van der Waals surface area contributed by atoms with Gasteiger partial charge in [-0.25, -0.2) is 11.1 Å². The van der Waals surface area contributed by atoms with Crippen molar-refractivity contribution >= 4 is 14.4 Å². The van der Waals surface area contributed by atoms with E-state index in [1.807, 2.05) is 0 Å². The van der Waals surface area contributed by atoms with Gasteiger partial charge in [-0.3, -0.25) is 12.2 Å². The molecule has 1 heteroatoms. The second-order valence-corrected chi connectivity index (χ2v) is 16.9. The summed E-state index contributed by atoms with van der Waals surface area (Å²) in [6.45, 7) is 22.5. The van der Waals surface area contributed by atoms with E-state index >= 15 is 0 Å². The zero-order valence-corrected chi connectivity index (χ0v) is 33.6. The van der Waals surface area contributed by atoms with E-state index < -0.39 is 0 Å². The Morgan fingerprint density at radius 3 is 1.73 bits per heavy atom. The van der Waals surface area contributed by atoms with Crippen LogP contribution in [0.5, 0.6) is 0 Å². The Morgan fingerprint density at radius 2 is 1.24 bits per heavy atom. The standard InChI is InChI=1S/C25H25.C13H10.C10H15.Zr/c1-14-12-24(3,4)22-8-16-7-17-9-23-19(15(2)13-25(23,5)6)11-21(17)20(16)10-18(14)22;1-3-7-12(8-4-1)11-13-9-5-2-6-10-13;1-7(2)10-6-8(3)5-9(10)4;/h8-12H,7H2,1-6H3;1-10H;6-8H,1-4H3;/q-1;;-1;+2. The van der Waals surface area contributed by atoms with E-state index in [1.54, 1.807) is 0 Å². The van der Waals surface area contributed by atoms with Gasteiger partial charge in [0.05, 0.1) is 0 Å². The van der Waals surface area contributed by atoms with Gasteiger partial charge in [-0.2, -0.15) is 17.2 Å². The van der Waals surface area contributed by atoms with Crippen molar-refractivity contribution in [2.24, 2.45) is 11.8 Å². The van der Waals surface area contributed by atoms with E-state index in [-0.39, 0.29) is 10.8 Å². The van der Waals surface area contributed by atoms with E-state index in [0.29, 0.717) is 11.8 Å². The zero-order chi connectivity index (χ0) is 35.2. The molecule has 4 aromatic carbocycles. The molecule has 0 amide bonds. The predicted octanol–water partition coefficient (Wildman–Crippen LogP) is 12.2. The Morgan fingerprint density at radius 1 is 0.714 bits per heavy atom. The molecule has 0 bridgehead atoms. The molecule has 0 N–H and O–H groups in total. The van der Waals surface area contributed by atoms with Crippen LogP contribution in [0.15, 0.2) is 108 Å². The second kappa shape index (κ2) is 13.7. The van der Waals surface area contributed by atoms with Gasteiger partial charge in [0.15, 0.2) is 0 Å². The van der Waals surface area contributed by atoms with Crippen LogP contribution < -0.4 is 0 Å². The summed E-state index contributed by atoms with van der Waals surface area (Å²) >= 11 is 1.46. The zero-order valence-electron chi connectivity index (χ0n) is 31.1. The van der Waals surface area contributed by atoms with Crippen LogP contribution in [0, 0.1) is 24.0 Å². The Bertz CT molecular complexity index is 1920. The van der Waals surface area contributed by atoms with Crippen molar-refractivity contribution < 1.29 is 24.2 Å². The number of hydrogen-bond donors (Lipinski definition) is 0. The third-order valence-corrected chi connectivity index (χ3v) is 11.9. The maximum absolute atomic E-state index is 3.65. The first kappa shape index (κ1) is 35.4. The first-order chi connectivity index (χ1) is 23.2. The van der Waals surface area contributed by atoms with Crippen molar-refractivity contribution in [3.8, 4) is 11.1 Å². The minimum absolute atomic E-state index is 0.0340. The molecule has 0 aromatic heterocycles. The molecule has 1 atom stereocenters. The quantitative estimate of drug-likeness (QED) is 0.163. The van der Waals surface area contributed by atoms with Gasteiger partial charge in [0.25, 0.3) is 0 Å². The van der Waals surface area contributed by atoms with Crippen LogP contribution in [0.25, 0.3) is 22.3 Å². The summed E-state index contributed by atoms with van der Waals surface area (Å²) in [4.78, 5) is 0. The molecular weight excluding hydrogens is 668 g/mol. The molecule has 49 heavy (non-hydrogen) atoms. The van der Waals surface area contributed by atoms with Gasteiger partial charge in [0, 0.05) is 5.41 Å². The van der Waals surface area contributed by atoms with Gasteiger partial charge < -0.3 is 0 Å². The Balaban J connectivity index is 0.000000146. The Kier molecular flexibility index (Phi) is 9.92. The molecule has 0 nitrogen and oxygen atoms in total. The van der Waals surface area contributed by atoms with Gasteiger partial charge in [-0.05, 0) is 58.4 Å². The number of fused-ring (bicyclic) bond motifs is 5. The SMILES string of the molecule is CC1=[C-]C(C)(C)c2cc3c(cc21)-c1cc2c(cc1C3)C(C)(C)C=C2C.CC1=[C-]C(C)C=C1C(C)C.[Zr+2]=[C](c1ccccc1)c1ccccc1. The van der Waals surface area contributed by atoms with Crippen LogP contribution in [-0.4, -0.2) is 3.21 Å². The third-order valence-electron chi connectivity index (χ3n) is 10.5. The van der Waals surface area contributed by atoms with Crippen LogP contribution in [-0.2, 0) is 41.5 Å². The van der Waals surface area contributed by atoms with E-state index in [9.17, 15) is 0 Å². The summed E-state index contributed by atoms with van der Waals surface area (Å²) in [5.41, 5.74) is 20.0. The molecule has 0 saturated carbocycles. The molecule has 246 valence electrons. The molecule has 4 aromatic rings. The second-order valence-electron chi connectivity index (χ2n) is 15.7. The van der Waals surface area contributed by atoms with Gasteiger partial charge in [-0.1, -0.05) is 97.8 Å². The van der Waals surface area contributed by atoms with Crippen molar-refractivity contribution in [1.29, 1.82) is 0 Å². The molecule has 0 spiro atoms. The molecule has 1 unspecified atom stereocenters. The monoisotopic (exact) mass is 716 g/mol. The fraction of sp³-hybridized carbons (Fsp3) is 0.312. The summed E-state index contributed by atoms with van der Waals surface area (Å²) in [5.74, 6) is 1.20. The van der Waals surface area contributed by atoms with E-state index in [0.717, 1.165) is 6.42 Å². The van der Waals surface area contributed by atoms with Crippen molar-refractivity contribution in [2.45, 2.75) is 86.5 Å². The number of rotatable bonds is 3. The van der Waals surface area contributed by atoms with Gasteiger partial charge >= 0.3 is 99.2 Å². The minimum atomic E-state index is 0.0340. The van der Waals surface area contributed by atoms with E-state index in [4.69, 9.17) is 0 Å². The van der Waals surface area contributed by atoms with Crippen molar-refractivity contribution in [3.63, 3.8) is 0 Å². The van der Waals surface area contributed by atoms with Gasteiger partial charge in [0.1, 0.15) is 0 Å². The molecule has 4 aliphatic rings. The summed E-state index contributed by atoms with van der Waals surface area (Å²) in [6.07, 6.45) is 12.8. The predicted molar refractivity (Wildman–Crippen MR) is 207 cm³/mol. The molecule has 8 rings (SSSR count). The Hall–Kier alpha value is -3.41. The van der Waals surface area contributed by atoms with Gasteiger partial charge in [-0.15, -0.1) is 11.6 Å². The van der Waals surface area contributed by atoms with E-state index in [2.05, 4.69) is 178 Å². The number of hydrogen-bond acceptors (Lipinski definition) is 0. The topological polar surface area (TPSA) is 0 Å². The summed E-state index contributed by atoms with van der Waals surface area (Å²) in [6, 6.07) is 30.9. The van der Waals surface area contributed by atoms with Crippen molar-refractivity contribution in [3.05, 3.63) is 165 Å². The number of benzene rings is 4. The normalized spacial score (nSPS) is 18.4. The third kappa shape index (κ3) is 7.12. The van der Waals surface area contributed by atoms with Crippen LogP contribution in [0.4, 0.5) is 0 Å². The average Bonchev–Trinajstić information content (AvgIpc) is 3.74. The van der Waals surface area contributed by atoms with E-state index in [1.165, 1.54) is 105 Å². The average molecular weight is 718 g/mol. The fourth-order valence-corrected chi connectivity index (χ4v) is 8.96. The fourth-order valence-electron chi connectivity index (χ4n) is 8.14. The summed E-state index contributed by atoms with van der Waals surface area (Å²) in [5, 5.41) is 0. The molecule has 0 saturated heterocycles. The molecule has 0 aliphatic heterocycles. The van der Waals surface area contributed by atoms with Crippen molar-refractivity contribution in [1.82, 2.24) is 0 Å². The van der Waals surface area contributed by atoms with Crippen molar-refractivity contribution in [2.75, 3.05) is 0 Å². The molecule has 0 radical (unpaired) electrons. The summed E-state index contributed by atoms with van der Waals surface area (Å²) in [7, 11) is 0. The van der Waals surface area contributed by atoms with Crippen LogP contribution in [0.1, 0.15) is 114 Å². The first-order valence-electron chi connectivity index (χ1n) is 17.8. The Labute approximate surface area is 311 Å². The number of allylic oxidation sites excluding steroid dienone is 8.